The van der Waals surface area contributed by atoms with E-state index in [1.165, 1.54) is 0 Å². The molecule has 1 aliphatic heterocycles. The number of carbonyl (C=O) groups excluding carboxylic acids is 2. The summed E-state index contributed by atoms with van der Waals surface area (Å²) in [4.78, 5) is 27.8. The molecule has 2 aromatic carbocycles. The van der Waals surface area contributed by atoms with Crippen LogP contribution in [-0.2, 0) is 4.79 Å². The highest BCUT2D eigenvalue weighted by atomic mass is 16.5. The molecule has 2 heterocycles. The predicted octanol–water partition coefficient (Wildman–Crippen LogP) is 3.69. The topological polar surface area (TPSA) is 85.7 Å². The van der Waals surface area contributed by atoms with E-state index in [0.29, 0.717) is 35.8 Å². The number of ether oxygens (including phenoxy) is 2. The van der Waals surface area contributed by atoms with Crippen LogP contribution in [0.25, 0.3) is 16.9 Å². The monoisotopic (exact) mass is 474 g/mol. The molecule has 2 aliphatic rings. The summed E-state index contributed by atoms with van der Waals surface area (Å²) in [5, 5.41) is 7.94. The van der Waals surface area contributed by atoms with Gasteiger partial charge in [0.2, 0.25) is 5.91 Å². The molecule has 3 aromatic rings. The quantitative estimate of drug-likeness (QED) is 0.565. The van der Waals surface area contributed by atoms with Gasteiger partial charge in [-0.25, -0.2) is 4.68 Å². The zero-order valence-corrected chi connectivity index (χ0v) is 20.1. The van der Waals surface area contributed by atoms with Gasteiger partial charge in [0.1, 0.15) is 5.69 Å². The molecule has 1 aromatic heterocycles. The van der Waals surface area contributed by atoms with Crippen LogP contribution in [0.5, 0.6) is 11.5 Å². The Morgan fingerprint density at radius 1 is 0.943 bits per heavy atom. The van der Waals surface area contributed by atoms with E-state index in [4.69, 9.17) is 14.6 Å². The predicted molar refractivity (Wildman–Crippen MR) is 132 cm³/mol. The van der Waals surface area contributed by atoms with Crippen LogP contribution in [0.4, 0.5) is 0 Å². The highest BCUT2D eigenvalue weighted by Gasteiger charge is 2.35. The van der Waals surface area contributed by atoms with Crippen molar-refractivity contribution in [3.63, 3.8) is 0 Å². The fourth-order valence-electron chi connectivity index (χ4n) is 4.55. The summed E-state index contributed by atoms with van der Waals surface area (Å²) in [7, 11) is 3.17. The Balaban J connectivity index is 1.39. The summed E-state index contributed by atoms with van der Waals surface area (Å²) in [5.74, 6) is 1.50. The summed E-state index contributed by atoms with van der Waals surface area (Å²) in [6.45, 7) is 1.37. The number of hydrogen-bond acceptors (Lipinski definition) is 5. The third kappa shape index (κ3) is 4.87. The molecule has 2 amide bonds. The third-order valence-electron chi connectivity index (χ3n) is 6.71. The number of nitrogens with zero attached hydrogens (tertiary/aromatic N) is 3. The number of carbonyl (C=O) groups is 2. The van der Waals surface area contributed by atoms with Crippen LogP contribution in [-0.4, -0.2) is 59.8 Å². The summed E-state index contributed by atoms with van der Waals surface area (Å²) < 4.78 is 12.6. The van der Waals surface area contributed by atoms with Crippen molar-refractivity contribution in [1.29, 1.82) is 0 Å². The normalized spacial score (nSPS) is 16.1. The fraction of sp³-hybridized carbons (Fsp3) is 0.370. The van der Waals surface area contributed by atoms with E-state index in [2.05, 4.69) is 5.32 Å². The van der Waals surface area contributed by atoms with Crippen molar-refractivity contribution in [2.24, 2.45) is 5.92 Å². The Labute approximate surface area is 204 Å². The molecular weight excluding hydrogens is 444 g/mol. The number of rotatable bonds is 7. The van der Waals surface area contributed by atoms with Crippen molar-refractivity contribution in [1.82, 2.24) is 20.0 Å². The molecular formula is C27H30N4O4. The Bertz CT molecular complexity index is 1210. The maximum Gasteiger partial charge on any atom is 0.255 e. The highest BCUT2D eigenvalue weighted by Crippen LogP contribution is 2.34. The number of nitrogens with one attached hydrogen (secondary N) is 1. The molecule has 5 rings (SSSR count). The van der Waals surface area contributed by atoms with Crippen LogP contribution in [0.3, 0.4) is 0 Å². The highest BCUT2D eigenvalue weighted by molar-refractivity contribution is 6.00. The Morgan fingerprint density at radius 2 is 1.66 bits per heavy atom. The molecule has 0 bridgehead atoms. The van der Waals surface area contributed by atoms with Crippen molar-refractivity contribution in [2.45, 2.75) is 31.7 Å². The average Bonchev–Trinajstić information content (AvgIpc) is 3.66. The molecule has 0 unspecified atom stereocenters. The van der Waals surface area contributed by atoms with Gasteiger partial charge in [-0.15, -0.1) is 0 Å². The molecule has 1 saturated carbocycles. The van der Waals surface area contributed by atoms with Crippen molar-refractivity contribution in [3.05, 3.63) is 60.3 Å². The van der Waals surface area contributed by atoms with Crippen LogP contribution in [0, 0.1) is 5.92 Å². The van der Waals surface area contributed by atoms with E-state index in [9.17, 15) is 9.59 Å². The first-order chi connectivity index (χ1) is 17.1. The van der Waals surface area contributed by atoms with E-state index < -0.39 is 0 Å². The summed E-state index contributed by atoms with van der Waals surface area (Å²) >= 11 is 0. The molecule has 1 saturated heterocycles. The van der Waals surface area contributed by atoms with Crippen LogP contribution in [0.1, 0.15) is 36.0 Å². The van der Waals surface area contributed by atoms with Crippen molar-refractivity contribution >= 4 is 11.8 Å². The van der Waals surface area contributed by atoms with Gasteiger partial charge in [0.25, 0.3) is 5.91 Å². The lowest BCUT2D eigenvalue weighted by atomic mass is 10.0. The van der Waals surface area contributed by atoms with Crippen LogP contribution in [0.2, 0.25) is 0 Å². The van der Waals surface area contributed by atoms with Gasteiger partial charge in [0.15, 0.2) is 11.5 Å². The first-order valence-corrected chi connectivity index (χ1v) is 12.0. The van der Waals surface area contributed by atoms with Gasteiger partial charge < -0.3 is 19.7 Å². The molecule has 1 N–H and O–H groups in total. The second-order valence-electron chi connectivity index (χ2n) is 9.09. The summed E-state index contributed by atoms with van der Waals surface area (Å²) in [6, 6.07) is 15.2. The first-order valence-electron chi connectivity index (χ1n) is 12.0. The molecule has 35 heavy (non-hydrogen) atoms. The number of methoxy groups -OCH3 is 2. The van der Waals surface area contributed by atoms with Gasteiger partial charge in [0.05, 0.1) is 25.5 Å². The van der Waals surface area contributed by atoms with E-state index >= 15 is 0 Å². The number of likely N-dealkylation sites (tertiary alicyclic amines) is 1. The molecule has 0 spiro atoms. The van der Waals surface area contributed by atoms with Crippen molar-refractivity contribution in [2.75, 3.05) is 27.3 Å². The maximum atomic E-state index is 13.5. The third-order valence-corrected chi connectivity index (χ3v) is 6.71. The lowest BCUT2D eigenvalue weighted by molar-refractivity contribution is -0.133. The second kappa shape index (κ2) is 9.82. The van der Waals surface area contributed by atoms with Gasteiger partial charge in [-0.2, -0.15) is 5.10 Å². The number of piperidine rings is 1. The number of aromatic nitrogens is 2. The fourth-order valence-corrected chi connectivity index (χ4v) is 4.55. The molecule has 0 atom stereocenters. The lowest BCUT2D eigenvalue weighted by Crippen LogP contribution is -2.47. The standard InChI is InChI=1S/C27H30N4O4/c1-34-23-11-10-19(16-24(23)35-2)25-22(17-31(29-25)21-6-4-3-5-7-21)26(32)28-20-12-14-30(15-13-20)27(33)18-8-9-18/h3-7,10-11,16-18,20H,8-9,12-15H2,1-2H3,(H,28,32). The summed E-state index contributed by atoms with van der Waals surface area (Å²) in [6.07, 6.45) is 5.30. The number of para-hydroxylation sites is 1. The summed E-state index contributed by atoms with van der Waals surface area (Å²) in [5.41, 5.74) is 2.67. The first kappa shape index (κ1) is 23.0. The van der Waals surface area contributed by atoms with E-state index in [1.807, 2.05) is 53.4 Å². The largest absolute Gasteiger partial charge is 0.493 e. The van der Waals surface area contributed by atoms with Crippen molar-refractivity contribution < 1.29 is 19.1 Å². The number of benzene rings is 2. The van der Waals surface area contributed by atoms with Gasteiger partial charge in [-0.05, 0) is 56.0 Å². The molecule has 8 heteroatoms. The Kier molecular flexibility index (Phi) is 6.44. The minimum Gasteiger partial charge on any atom is -0.493 e. The van der Waals surface area contributed by atoms with E-state index in [0.717, 1.165) is 36.9 Å². The Hall–Kier alpha value is -3.81. The Morgan fingerprint density at radius 3 is 2.31 bits per heavy atom. The van der Waals surface area contributed by atoms with Crippen LogP contribution in [0.15, 0.2) is 54.7 Å². The lowest BCUT2D eigenvalue weighted by Gasteiger charge is -2.32. The van der Waals surface area contributed by atoms with E-state index in [-0.39, 0.29) is 23.8 Å². The van der Waals surface area contributed by atoms with Gasteiger partial charge >= 0.3 is 0 Å². The van der Waals surface area contributed by atoms with Gasteiger partial charge in [-0.1, -0.05) is 18.2 Å². The maximum absolute atomic E-state index is 13.5. The zero-order valence-electron chi connectivity index (χ0n) is 20.1. The van der Waals surface area contributed by atoms with Crippen LogP contribution >= 0.6 is 0 Å². The zero-order chi connectivity index (χ0) is 24.4. The minimum absolute atomic E-state index is 0.0177. The van der Waals surface area contributed by atoms with Gasteiger partial charge in [0, 0.05) is 36.8 Å². The van der Waals surface area contributed by atoms with Crippen molar-refractivity contribution in [3.8, 4) is 28.4 Å². The number of amides is 2. The molecule has 8 nitrogen and oxygen atoms in total. The minimum atomic E-state index is -0.177. The number of hydrogen-bond donors (Lipinski definition) is 1. The van der Waals surface area contributed by atoms with Crippen LogP contribution < -0.4 is 14.8 Å². The average molecular weight is 475 g/mol. The molecule has 2 fully saturated rings. The smallest absolute Gasteiger partial charge is 0.255 e. The molecule has 1 aliphatic carbocycles. The SMILES string of the molecule is COc1ccc(-c2nn(-c3ccccc3)cc2C(=O)NC2CCN(C(=O)C3CC3)CC2)cc1OC. The van der Waals surface area contributed by atoms with E-state index in [1.54, 1.807) is 25.1 Å². The van der Waals surface area contributed by atoms with Gasteiger partial charge in [-0.3, -0.25) is 9.59 Å². The second-order valence-corrected chi connectivity index (χ2v) is 9.09. The molecule has 182 valence electrons. The molecule has 0 radical (unpaired) electrons.